The van der Waals surface area contributed by atoms with Crippen LogP contribution in [0.2, 0.25) is 0 Å². The van der Waals surface area contributed by atoms with Crippen LogP contribution in [0.25, 0.3) is 6.08 Å². The maximum absolute atomic E-state index is 12.7. The van der Waals surface area contributed by atoms with E-state index in [1.54, 1.807) is 63.4 Å². The first-order valence-electron chi connectivity index (χ1n) is 9.10. The van der Waals surface area contributed by atoms with E-state index in [4.69, 9.17) is 23.7 Å². The third-order valence-corrected chi connectivity index (χ3v) is 4.30. The molecule has 1 heterocycles. The minimum Gasteiger partial charge on any atom is -0.497 e. The Labute approximate surface area is 168 Å². The maximum Gasteiger partial charge on any atom is 0.347 e. The second kappa shape index (κ2) is 8.68. The van der Waals surface area contributed by atoms with Gasteiger partial charge in [-0.1, -0.05) is 0 Å². The van der Waals surface area contributed by atoms with Gasteiger partial charge in [0.15, 0.2) is 11.9 Å². The van der Waals surface area contributed by atoms with Gasteiger partial charge >= 0.3 is 5.97 Å². The first-order valence-corrected chi connectivity index (χ1v) is 9.10. The van der Waals surface area contributed by atoms with E-state index in [2.05, 4.69) is 0 Å². The van der Waals surface area contributed by atoms with Crippen molar-refractivity contribution >= 4 is 17.8 Å². The monoisotopic (exact) mass is 398 g/mol. The molecule has 7 heteroatoms. The quantitative estimate of drug-likeness (QED) is 0.520. The Bertz CT molecular complexity index is 962. The van der Waals surface area contributed by atoms with E-state index in [-0.39, 0.29) is 18.1 Å². The van der Waals surface area contributed by atoms with E-state index >= 15 is 0 Å². The molecular formula is C22H22O7. The van der Waals surface area contributed by atoms with Gasteiger partial charge in [-0.3, -0.25) is 4.79 Å². The summed E-state index contributed by atoms with van der Waals surface area (Å²) in [6.45, 7) is 3.60. The standard InChI is InChI=1S/C22H22O7/c1-5-27-22(24)13(2)28-16-8-9-17-19(12-16)29-20(21(17)23)10-14-6-7-15(25-3)11-18(14)26-4/h6-13H,5H2,1-4H3/b20-10-. The molecule has 152 valence electrons. The molecule has 0 fully saturated rings. The topological polar surface area (TPSA) is 80.3 Å². The Hall–Kier alpha value is -3.48. The minimum absolute atomic E-state index is 0.166. The number of methoxy groups -OCH3 is 2. The zero-order valence-corrected chi connectivity index (χ0v) is 16.7. The Morgan fingerprint density at radius 2 is 1.86 bits per heavy atom. The summed E-state index contributed by atoms with van der Waals surface area (Å²) in [5, 5.41) is 0. The van der Waals surface area contributed by atoms with Crippen molar-refractivity contribution in [2.45, 2.75) is 20.0 Å². The molecule has 2 aromatic carbocycles. The molecule has 0 saturated carbocycles. The second-order valence-corrected chi connectivity index (χ2v) is 6.22. The van der Waals surface area contributed by atoms with Crippen LogP contribution in [0, 0.1) is 0 Å². The molecule has 0 spiro atoms. The van der Waals surface area contributed by atoms with E-state index < -0.39 is 12.1 Å². The van der Waals surface area contributed by atoms with Crippen LogP contribution in [0.15, 0.2) is 42.2 Å². The number of carbonyl (C=O) groups excluding carboxylic acids is 2. The maximum atomic E-state index is 12.7. The van der Waals surface area contributed by atoms with Crippen LogP contribution < -0.4 is 18.9 Å². The molecule has 0 N–H and O–H groups in total. The molecule has 0 radical (unpaired) electrons. The summed E-state index contributed by atoms with van der Waals surface area (Å²) in [5.74, 6) is 1.42. The molecule has 0 amide bonds. The highest BCUT2D eigenvalue weighted by atomic mass is 16.6. The number of rotatable bonds is 7. The summed E-state index contributed by atoms with van der Waals surface area (Å²) >= 11 is 0. The van der Waals surface area contributed by atoms with Crippen LogP contribution >= 0.6 is 0 Å². The van der Waals surface area contributed by atoms with Crippen molar-refractivity contribution in [1.82, 2.24) is 0 Å². The van der Waals surface area contributed by atoms with Crippen LogP contribution in [0.5, 0.6) is 23.0 Å². The number of esters is 1. The van der Waals surface area contributed by atoms with Crippen LogP contribution in [0.4, 0.5) is 0 Å². The predicted molar refractivity (Wildman–Crippen MR) is 106 cm³/mol. The zero-order valence-electron chi connectivity index (χ0n) is 16.7. The van der Waals surface area contributed by atoms with Gasteiger partial charge < -0.3 is 23.7 Å². The fourth-order valence-electron chi connectivity index (χ4n) is 2.83. The van der Waals surface area contributed by atoms with Crippen LogP contribution in [-0.2, 0) is 9.53 Å². The fourth-order valence-corrected chi connectivity index (χ4v) is 2.83. The van der Waals surface area contributed by atoms with Crippen molar-refractivity contribution in [2.75, 3.05) is 20.8 Å². The van der Waals surface area contributed by atoms with Crippen LogP contribution in [0.1, 0.15) is 29.8 Å². The molecule has 0 bridgehead atoms. The molecule has 1 aliphatic rings. The van der Waals surface area contributed by atoms with Crippen molar-refractivity contribution in [2.24, 2.45) is 0 Å². The molecule has 29 heavy (non-hydrogen) atoms. The summed E-state index contributed by atoms with van der Waals surface area (Å²) in [7, 11) is 3.10. The van der Waals surface area contributed by atoms with Crippen molar-refractivity contribution in [1.29, 1.82) is 0 Å². The molecule has 0 aromatic heterocycles. The van der Waals surface area contributed by atoms with Gasteiger partial charge in [-0.15, -0.1) is 0 Å². The second-order valence-electron chi connectivity index (χ2n) is 6.22. The number of hydrogen-bond donors (Lipinski definition) is 0. The minimum atomic E-state index is -0.774. The highest BCUT2D eigenvalue weighted by Crippen LogP contribution is 2.36. The van der Waals surface area contributed by atoms with E-state index in [1.165, 1.54) is 7.11 Å². The number of ether oxygens (including phenoxy) is 5. The van der Waals surface area contributed by atoms with Gasteiger partial charge in [0.2, 0.25) is 5.78 Å². The molecular weight excluding hydrogens is 376 g/mol. The Morgan fingerprint density at radius 3 is 2.55 bits per heavy atom. The summed E-state index contributed by atoms with van der Waals surface area (Å²) in [4.78, 5) is 24.4. The lowest BCUT2D eigenvalue weighted by Gasteiger charge is -2.13. The number of benzene rings is 2. The highest BCUT2D eigenvalue weighted by Gasteiger charge is 2.28. The lowest BCUT2D eigenvalue weighted by atomic mass is 10.1. The highest BCUT2D eigenvalue weighted by molar-refractivity contribution is 6.14. The number of fused-ring (bicyclic) bond motifs is 1. The zero-order chi connectivity index (χ0) is 21.0. The molecule has 0 aliphatic carbocycles. The fraction of sp³-hybridized carbons (Fsp3) is 0.273. The van der Waals surface area contributed by atoms with Crippen molar-refractivity contribution in [3.8, 4) is 23.0 Å². The van der Waals surface area contributed by atoms with Gasteiger partial charge in [0.25, 0.3) is 0 Å². The summed E-state index contributed by atoms with van der Waals surface area (Å²) in [6, 6.07) is 10.1. The molecule has 0 saturated heterocycles. The molecule has 2 aromatic rings. The van der Waals surface area contributed by atoms with E-state index in [9.17, 15) is 9.59 Å². The molecule has 3 rings (SSSR count). The number of ketones is 1. The molecule has 1 unspecified atom stereocenters. The average molecular weight is 398 g/mol. The van der Waals surface area contributed by atoms with E-state index in [1.807, 2.05) is 0 Å². The van der Waals surface area contributed by atoms with Gasteiger partial charge in [-0.05, 0) is 44.2 Å². The van der Waals surface area contributed by atoms with Crippen LogP contribution in [-0.4, -0.2) is 38.7 Å². The molecule has 7 nitrogen and oxygen atoms in total. The smallest absolute Gasteiger partial charge is 0.347 e. The molecule has 1 atom stereocenters. The normalized spacial score (nSPS) is 14.8. The SMILES string of the molecule is CCOC(=O)C(C)Oc1ccc2c(c1)O/C(=C\c1ccc(OC)cc1OC)C2=O. The third-order valence-electron chi connectivity index (χ3n) is 4.30. The first kappa shape index (κ1) is 20.3. The van der Waals surface area contributed by atoms with Gasteiger partial charge in [0.05, 0.1) is 26.4 Å². The van der Waals surface area contributed by atoms with Crippen LogP contribution in [0.3, 0.4) is 0 Å². The Morgan fingerprint density at radius 1 is 1.10 bits per heavy atom. The Kier molecular flexibility index (Phi) is 6.07. The van der Waals surface area contributed by atoms with Crippen molar-refractivity contribution in [3.05, 3.63) is 53.3 Å². The lowest BCUT2D eigenvalue weighted by molar-refractivity contribution is -0.150. The summed E-state index contributed by atoms with van der Waals surface area (Å²) in [6.07, 6.45) is 0.839. The number of carbonyl (C=O) groups is 2. The number of Topliss-reactive ketones (excluding diaryl/α,β-unsaturated/α-hetero) is 1. The Balaban J connectivity index is 1.82. The number of hydrogen-bond acceptors (Lipinski definition) is 7. The first-order chi connectivity index (χ1) is 14.0. The van der Waals surface area contributed by atoms with Crippen molar-refractivity contribution in [3.63, 3.8) is 0 Å². The summed E-state index contributed by atoms with van der Waals surface area (Å²) < 4.78 is 26.8. The predicted octanol–water partition coefficient (Wildman–Crippen LogP) is 3.65. The average Bonchev–Trinajstić information content (AvgIpc) is 3.03. The van der Waals surface area contributed by atoms with Gasteiger partial charge in [-0.2, -0.15) is 0 Å². The van der Waals surface area contributed by atoms with E-state index in [0.717, 1.165) is 0 Å². The largest absolute Gasteiger partial charge is 0.497 e. The molecule has 1 aliphatic heterocycles. The van der Waals surface area contributed by atoms with Crippen molar-refractivity contribution < 1.29 is 33.3 Å². The van der Waals surface area contributed by atoms with Gasteiger partial charge in [0.1, 0.15) is 23.0 Å². The van der Waals surface area contributed by atoms with Gasteiger partial charge in [-0.25, -0.2) is 4.79 Å². The van der Waals surface area contributed by atoms with E-state index in [0.29, 0.717) is 34.1 Å². The number of allylic oxidation sites excluding steroid dienone is 1. The summed E-state index contributed by atoms with van der Waals surface area (Å²) in [5.41, 5.74) is 1.09. The lowest BCUT2D eigenvalue weighted by Crippen LogP contribution is -2.26. The van der Waals surface area contributed by atoms with Gasteiger partial charge in [0, 0.05) is 17.7 Å². The third kappa shape index (κ3) is 4.34.